The van der Waals surface area contributed by atoms with Crippen molar-refractivity contribution in [2.45, 2.75) is 6.92 Å². The van der Waals surface area contributed by atoms with E-state index in [2.05, 4.69) is 15.1 Å². The van der Waals surface area contributed by atoms with Gasteiger partial charge in [0.2, 0.25) is 0 Å². The van der Waals surface area contributed by atoms with Gasteiger partial charge in [-0.3, -0.25) is 9.36 Å². The molecule has 0 fully saturated rings. The van der Waals surface area contributed by atoms with Gasteiger partial charge in [-0.1, -0.05) is 0 Å². The minimum Gasteiger partial charge on any atom is -0.284 e. The monoisotopic (exact) mass is 313 g/mol. The number of hydrogen-bond acceptors (Lipinski definition) is 4. The van der Waals surface area contributed by atoms with Crippen molar-refractivity contribution in [3.63, 3.8) is 0 Å². The van der Waals surface area contributed by atoms with Crippen LogP contribution in [-0.4, -0.2) is 24.1 Å². The highest BCUT2D eigenvalue weighted by atomic mass is 19.2. The molecule has 3 heterocycles. The third kappa shape index (κ3) is 1.91. The molecule has 0 amide bonds. The number of benzene rings is 1. The summed E-state index contributed by atoms with van der Waals surface area (Å²) in [6.07, 6.45) is 2.83. The van der Waals surface area contributed by atoms with E-state index in [0.29, 0.717) is 22.4 Å². The van der Waals surface area contributed by atoms with Gasteiger partial charge in [0.25, 0.3) is 11.3 Å². The van der Waals surface area contributed by atoms with Gasteiger partial charge in [0, 0.05) is 12.3 Å². The van der Waals surface area contributed by atoms with E-state index in [1.807, 2.05) is 0 Å². The van der Waals surface area contributed by atoms with Crippen molar-refractivity contribution in [2.24, 2.45) is 0 Å². The lowest BCUT2D eigenvalue weighted by Gasteiger charge is -2.09. The number of pyridine rings is 1. The molecule has 6 nitrogen and oxygen atoms in total. The zero-order valence-corrected chi connectivity index (χ0v) is 11.9. The van der Waals surface area contributed by atoms with Crippen molar-refractivity contribution < 1.29 is 8.78 Å². The Balaban J connectivity index is 2.08. The molecule has 0 aliphatic rings. The first-order valence-electron chi connectivity index (χ1n) is 6.73. The summed E-state index contributed by atoms with van der Waals surface area (Å²) >= 11 is 0. The minimum atomic E-state index is -1.02. The Morgan fingerprint density at radius 3 is 2.74 bits per heavy atom. The first-order valence-corrected chi connectivity index (χ1v) is 6.73. The standard InChI is InChI=1S/C15H9F2N5O/c1-8-13-12(22-15(20-8)18-7-19-22)4-5-21(14(13)23)9-2-3-10(16)11(17)6-9/h2-7H,1H3. The van der Waals surface area contributed by atoms with Crippen LogP contribution in [0.2, 0.25) is 0 Å². The van der Waals surface area contributed by atoms with Crippen LogP contribution in [0, 0.1) is 18.6 Å². The van der Waals surface area contributed by atoms with Gasteiger partial charge in [0.05, 0.1) is 22.3 Å². The van der Waals surface area contributed by atoms with Crippen molar-refractivity contribution in [3.05, 3.63) is 64.5 Å². The number of rotatable bonds is 1. The third-order valence-corrected chi connectivity index (χ3v) is 3.64. The molecular formula is C15H9F2N5O. The third-order valence-electron chi connectivity index (χ3n) is 3.64. The highest BCUT2D eigenvalue weighted by molar-refractivity contribution is 5.82. The van der Waals surface area contributed by atoms with Gasteiger partial charge in [0.1, 0.15) is 6.33 Å². The molecule has 4 aromatic rings. The zero-order chi connectivity index (χ0) is 16.1. The quantitative estimate of drug-likeness (QED) is 0.539. The number of fused-ring (bicyclic) bond motifs is 3. The highest BCUT2D eigenvalue weighted by Gasteiger charge is 2.13. The van der Waals surface area contributed by atoms with E-state index in [0.717, 1.165) is 12.1 Å². The molecule has 3 aromatic heterocycles. The van der Waals surface area contributed by atoms with Crippen LogP contribution in [0.15, 0.2) is 41.6 Å². The van der Waals surface area contributed by atoms with Gasteiger partial charge in [-0.15, -0.1) is 0 Å². The second-order valence-corrected chi connectivity index (χ2v) is 5.02. The fourth-order valence-corrected chi connectivity index (χ4v) is 2.57. The fraction of sp³-hybridized carbons (Fsp3) is 0.0667. The van der Waals surface area contributed by atoms with Crippen molar-refractivity contribution in [2.75, 3.05) is 0 Å². The lowest BCUT2D eigenvalue weighted by molar-refractivity contribution is 0.508. The molecule has 0 aliphatic heterocycles. The Labute approximate surface area is 127 Å². The molecule has 0 radical (unpaired) electrons. The van der Waals surface area contributed by atoms with Crippen LogP contribution >= 0.6 is 0 Å². The van der Waals surface area contributed by atoms with Crippen molar-refractivity contribution in [1.29, 1.82) is 0 Å². The summed E-state index contributed by atoms with van der Waals surface area (Å²) in [5.74, 6) is -1.60. The molecule has 0 unspecified atom stereocenters. The van der Waals surface area contributed by atoms with Crippen LogP contribution in [0.3, 0.4) is 0 Å². The molecule has 1 aromatic carbocycles. The first kappa shape index (κ1) is 13.5. The molecular weight excluding hydrogens is 304 g/mol. The molecule has 0 atom stereocenters. The fourth-order valence-electron chi connectivity index (χ4n) is 2.57. The van der Waals surface area contributed by atoms with Gasteiger partial charge in [0.15, 0.2) is 11.6 Å². The maximum atomic E-state index is 13.4. The van der Waals surface area contributed by atoms with E-state index in [-0.39, 0.29) is 5.69 Å². The maximum absolute atomic E-state index is 13.4. The van der Waals surface area contributed by atoms with E-state index >= 15 is 0 Å². The molecule has 0 aliphatic carbocycles. The average molecular weight is 313 g/mol. The van der Waals surface area contributed by atoms with E-state index in [1.165, 1.54) is 27.7 Å². The van der Waals surface area contributed by atoms with E-state index in [4.69, 9.17) is 0 Å². The molecule has 0 saturated carbocycles. The van der Waals surface area contributed by atoms with Crippen molar-refractivity contribution in [3.8, 4) is 5.69 Å². The predicted molar refractivity (Wildman–Crippen MR) is 78.5 cm³/mol. The minimum absolute atomic E-state index is 0.230. The van der Waals surface area contributed by atoms with E-state index in [1.54, 1.807) is 13.0 Å². The number of nitrogens with zero attached hydrogens (tertiary/aromatic N) is 5. The van der Waals surface area contributed by atoms with Gasteiger partial charge in [-0.05, 0) is 25.1 Å². The summed E-state index contributed by atoms with van der Waals surface area (Å²) in [5, 5.41) is 4.39. The molecule has 0 saturated heterocycles. The Kier molecular flexibility index (Phi) is 2.74. The van der Waals surface area contributed by atoms with Crippen LogP contribution in [0.1, 0.15) is 5.69 Å². The topological polar surface area (TPSA) is 65.1 Å². The van der Waals surface area contributed by atoms with Gasteiger partial charge >= 0.3 is 0 Å². The number of aromatic nitrogens is 5. The molecule has 8 heteroatoms. The highest BCUT2D eigenvalue weighted by Crippen LogP contribution is 2.16. The van der Waals surface area contributed by atoms with Crippen LogP contribution < -0.4 is 5.56 Å². The SMILES string of the molecule is Cc1nc2ncnn2c2ccn(-c3ccc(F)c(F)c3)c(=O)c12. The summed E-state index contributed by atoms with van der Waals surface area (Å²) in [4.78, 5) is 21.0. The first-order chi connectivity index (χ1) is 11.1. The number of halogens is 2. The summed E-state index contributed by atoms with van der Waals surface area (Å²) < 4.78 is 29.2. The summed E-state index contributed by atoms with van der Waals surface area (Å²) in [6, 6.07) is 4.95. The normalized spacial score (nSPS) is 11.4. The van der Waals surface area contributed by atoms with Crippen LogP contribution in [0.5, 0.6) is 0 Å². The maximum Gasteiger partial charge on any atom is 0.266 e. The molecule has 4 rings (SSSR count). The smallest absolute Gasteiger partial charge is 0.266 e. The number of hydrogen-bond donors (Lipinski definition) is 0. The molecule has 0 N–H and O–H groups in total. The van der Waals surface area contributed by atoms with E-state index in [9.17, 15) is 13.6 Å². The second-order valence-electron chi connectivity index (χ2n) is 5.02. The predicted octanol–water partition coefficient (Wildman–Crippen LogP) is 2.02. The molecule has 114 valence electrons. The molecule has 0 spiro atoms. The van der Waals surface area contributed by atoms with Gasteiger partial charge in [-0.25, -0.2) is 13.8 Å². The second kappa shape index (κ2) is 4.67. The van der Waals surface area contributed by atoms with Crippen LogP contribution in [0.4, 0.5) is 8.78 Å². The van der Waals surface area contributed by atoms with Gasteiger partial charge in [-0.2, -0.15) is 14.6 Å². The summed E-state index contributed by atoms with van der Waals surface area (Å²) in [6.45, 7) is 1.69. The molecule has 0 bridgehead atoms. The lowest BCUT2D eigenvalue weighted by Crippen LogP contribution is -2.20. The Morgan fingerprint density at radius 2 is 1.96 bits per heavy atom. The summed E-state index contributed by atoms with van der Waals surface area (Å²) in [5.41, 5.74) is 0.876. The number of aryl methyl sites for hydroxylation is 1. The van der Waals surface area contributed by atoms with Crippen LogP contribution in [0.25, 0.3) is 22.4 Å². The largest absolute Gasteiger partial charge is 0.284 e. The Bertz CT molecular complexity index is 1130. The Hall–Kier alpha value is -3.16. The van der Waals surface area contributed by atoms with Crippen LogP contribution in [-0.2, 0) is 0 Å². The zero-order valence-electron chi connectivity index (χ0n) is 11.9. The van der Waals surface area contributed by atoms with E-state index < -0.39 is 17.2 Å². The van der Waals surface area contributed by atoms with Crippen molar-refractivity contribution >= 4 is 16.7 Å². The lowest BCUT2D eigenvalue weighted by atomic mass is 10.2. The average Bonchev–Trinajstić information content (AvgIpc) is 2.98. The Morgan fingerprint density at radius 1 is 1.13 bits per heavy atom. The van der Waals surface area contributed by atoms with Gasteiger partial charge < -0.3 is 0 Å². The molecule has 23 heavy (non-hydrogen) atoms. The van der Waals surface area contributed by atoms with Crippen molar-refractivity contribution in [1.82, 2.24) is 24.1 Å². The summed E-state index contributed by atoms with van der Waals surface area (Å²) in [7, 11) is 0.